The monoisotopic (exact) mass is 285 g/mol. The highest BCUT2D eigenvalue weighted by Crippen LogP contribution is 2.45. The van der Waals surface area contributed by atoms with Crippen molar-refractivity contribution in [1.82, 2.24) is 4.98 Å². The maximum absolute atomic E-state index is 11.1. The van der Waals surface area contributed by atoms with E-state index < -0.39 is 5.97 Å². The SMILES string of the molecule is COc1cc2c(Cl)c(C(=O)O)[nH]c2c(OC)c1OC. The number of benzene rings is 1. The second-order valence-corrected chi connectivity index (χ2v) is 4.06. The van der Waals surface area contributed by atoms with Gasteiger partial charge in [0.05, 0.1) is 31.9 Å². The van der Waals surface area contributed by atoms with Crippen LogP contribution in [0.2, 0.25) is 5.02 Å². The summed E-state index contributed by atoms with van der Waals surface area (Å²) in [5.74, 6) is -0.0375. The van der Waals surface area contributed by atoms with Gasteiger partial charge in [-0.15, -0.1) is 0 Å². The summed E-state index contributed by atoms with van der Waals surface area (Å²) in [5, 5.41) is 9.66. The zero-order valence-corrected chi connectivity index (χ0v) is 11.3. The van der Waals surface area contributed by atoms with E-state index in [1.807, 2.05) is 0 Å². The molecule has 0 bridgehead atoms. The molecule has 0 aliphatic carbocycles. The van der Waals surface area contributed by atoms with Crippen LogP contribution in [-0.2, 0) is 0 Å². The molecular weight excluding hydrogens is 274 g/mol. The van der Waals surface area contributed by atoms with E-state index in [2.05, 4.69) is 4.98 Å². The van der Waals surface area contributed by atoms with Crippen LogP contribution in [0.5, 0.6) is 17.2 Å². The molecule has 2 rings (SSSR count). The molecule has 0 saturated heterocycles. The Morgan fingerprint density at radius 1 is 1.21 bits per heavy atom. The number of carboxylic acids is 1. The summed E-state index contributed by atoms with van der Waals surface area (Å²) in [6.45, 7) is 0. The number of rotatable bonds is 4. The highest BCUT2D eigenvalue weighted by molar-refractivity contribution is 6.38. The van der Waals surface area contributed by atoms with Crippen LogP contribution >= 0.6 is 11.6 Å². The molecule has 0 unspecified atom stereocenters. The minimum absolute atomic E-state index is 0.0988. The van der Waals surface area contributed by atoms with Gasteiger partial charge in [0.1, 0.15) is 5.69 Å². The van der Waals surface area contributed by atoms with Crippen molar-refractivity contribution in [2.24, 2.45) is 0 Å². The third-order valence-corrected chi connectivity index (χ3v) is 3.14. The van der Waals surface area contributed by atoms with E-state index in [9.17, 15) is 4.79 Å². The Balaban J connectivity index is 2.89. The van der Waals surface area contributed by atoms with Gasteiger partial charge in [-0.05, 0) is 6.07 Å². The number of fused-ring (bicyclic) bond motifs is 1. The number of nitrogens with one attached hydrogen (secondary N) is 1. The Labute approximate surface area is 113 Å². The molecule has 0 aliphatic heterocycles. The second kappa shape index (κ2) is 4.89. The molecule has 2 aromatic rings. The molecular formula is C12H12ClNO5. The van der Waals surface area contributed by atoms with Gasteiger partial charge in [0.25, 0.3) is 0 Å². The third-order valence-electron chi connectivity index (χ3n) is 2.75. The lowest BCUT2D eigenvalue weighted by Crippen LogP contribution is -1.97. The van der Waals surface area contributed by atoms with Crippen molar-refractivity contribution < 1.29 is 24.1 Å². The zero-order valence-electron chi connectivity index (χ0n) is 10.5. The molecule has 0 atom stereocenters. The molecule has 0 radical (unpaired) electrons. The van der Waals surface area contributed by atoms with Crippen molar-refractivity contribution in [2.45, 2.75) is 0 Å². The highest BCUT2D eigenvalue weighted by atomic mass is 35.5. The first-order chi connectivity index (χ1) is 9.04. The molecule has 0 amide bonds. The molecule has 0 aliphatic rings. The summed E-state index contributed by atoms with van der Waals surface area (Å²) < 4.78 is 15.7. The maximum atomic E-state index is 11.1. The van der Waals surface area contributed by atoms with Gasteiger partial charge in [0.15, 0.2) is 11.5 Å². The summed E-state index contributed by atoms with van der Waals surface area (Å²) in [7, 11) is 4.39. The molecule has 0 fully saturated rings. The lowest BCUT2D eigenvalue weighted by atomic mass is 10.2. The van der Waals surface area contributed by atoms with Crippen LogP contribution in [-0.4, -0.2) is 37.4 Å². The van der Waals surface area contributed by atoms with Crippen LogP contribution in [0.25, 0.3) is 10.9 Å². The Morgan fingerprint density at radius 3 is 2.32 bits per heavy atom. The minimum atomic E-state index is -1.15. The molecule has 0 saturated carbocycles. The van der Waals surface area contributed by atoms with E-state index in [0.717, 1.165) is 0 Å². The fraction of sp³-hybridized carbons (Fsp3) is 0.250. The highest BCUT2D eigenvalue weighted by Gasteiger charge is 2.23. The number of carboxylic acid groups (broad SMARTS) is 1. The number of aromatic amines is 1. The van der Waals surface area contributed by atoms with E-state index >= 15 is 0 Å². The van der Waals surface area contributed by atoms with E-state index in [1.54, 1.807) is 6.07 Å². The number of hydrogen-bond donors (Lipinski definition) is 2. The number of halogens is 1. The van der Waals surface area contributed by atoms with Gasteiger partial charge in [0.2, 0.25) is 5.75 Å². The molecule has 1 heterocycles. The Morgan fingerprint density at radius 2 is 1.84 bits per heavy atom. The molecule has 7 heteroatoms. The van der Waals surface area contributed by atoms with Crippen molar-refractivity contribution >= 4 is 28.5 Å². The molecule has 0 spiro atoms. The summed E-state index contributed by atoms with van der Waals surface area (Å²) in [6.07, 6.45) is 0. The van der Waals surface area contributed by atoms with Crippen molar-refractivity contribution in [3.05, 3.63) is 16.8 Å². The fourth-order valence-corrected chi connectivity index (χ4v) is 2.19. The largest absolute Gasteiger partial charge is 0.493 e. The number of carbonyl (C=O) groups is 1. The van der Waals surface area contributed by atoms with Gasteiger partial charge < -0.3 is 24.3 Å². The van der Waals surface area contributed by atoms with Gasteiger partial charge in [-0.2, -0.15) is 0 Å². The average Bonchev–Trinajstić information content (AvgIpc) is 2.73. The van der Waals surface area contributed by atoms with Gasteiger partial charge in [0, 0.05) is 5.39 Å². The van der Waals surface area contributed by atoms with Crippen LogP contribution in [0, 0.1) is 0 Å². The summed E-state index contributed by atoms with van der Waals surface area (Å²) in [6, 6.07) is 1.60. The van der Waals surface area contributed by atoms with Crippen LogP contribution in [0.15, 0.2) is 6.07 Å². The number of aromatic carboxylic acids is 1. The summed E-state index contributed by atoms with van der Waals surface area (Å²) in [4.78, 5) is 13.8. The van der Waals surface area contributed by atoms with Crippen LogP contribution in [0.1, 0.15) is 10.5 Å². The predicted octanol–water partition coefficient (Wildman–Crippen LogP) is 2.55. The van der Waals surface area contributed by atoms with Gasteiger partial charge in [-0.1, -0.05) is 11.6 Å². The summed E-state index contributed by atoms with van der Waals surface area (Å²) in [5.41, 5.74) is 0.341. The number of H-pyrrole nitrogens is 1. The molecule has 1 aromatic heterocycles. The van der Waals surface area contributed by atoms with Crippen LogP contribution < -0.4 is 14.2 Å². The molecule has 6 nitrogen and oxygen atoms in total. The smallest absolute Gasteiger partial charge is 0.353 e. The van der Waals surface area contributed by atoms with Crippen molar-refractivity contribution in [3.8, 4) is 17.2 Å². The fourth-order valence-electron chi connectivity index (χ4n) is 1.92. The Kier molecular flexibility index (Phi) is 3.44. The van der Waals surface area contributed by atoms with Gasteiger partial charge in [-0.25, -0.2) is 4.79 Å². The van der Waals surface area contributed by atoms with E-state index in [1.165, 1.54) is 21.3 Å². The number of aromatic nitrogens is 1. The van der Waals surface area contributed by atoms with Crippen LogP contribution in [0.4, 0.5) is 0 Å². The van der Waals surface area contributed by atoms with Crippen molar-refractivity contribution in [3.63, 3.8) is 0 Å². The van der Waals surface area contributed by atoms with Crippen LogP contribution in [0.3, 0.4) is 0 Å². The average molecular weight is 286 g/mol. The normalized spacial score (nSPS) is 10.5. The Hall–Kier alpha value is -2.08. The van der Waals surface area contributed by atoms with Crippen molar-refractivity contribution in [1.29, 1.82) is 0 Å². The molecule has 2 N–H and O–H groups in total. The zero-order chi connectivity index (χ0) is 14.2. The third kappa shape index (κ3) is 1.94. The van der Waals surface area contributed by atoms with Crippen molar-refractivity contribution in [2.75, 3.05) is 21.3 Å². The van der Waals surface area contributed by atoms with Gasteiger partial charge >= 0.3 is 5.97 Å². The van der Waals surface area contributed by atoms with E-state index in [0.29, 0.717) is 28.2 Å². The van der Waals surface area contributed by atoms with Gasteiger partial charge in [-0.3, -0.25) is 0 Å². The molecule has 102 valence electrons. The minimum Gasteiger partial charge on any atom is -0.493 e. The van der Waals surface area contributed by atoms with E-state index in [4.69, 9.17) is 30.9 Å². The quantitative estimate of drug-likeness (QED) is 0.902. The van der Waals surface area contributed by atoms with E-state index in [-0.39, 0.29) is 10.7 Å². The molecule has 1 aromatic carbocycles. The maximum Gasteiger partial charge on any atom is 0.353 e. The first-order valence-corrected chi connectivity index (χ1v) is 5.66. The second-order valence-electron chi connectivity index (χ2n) is 3.69. The number of ether oxygens (including phenoxy) is 3. The Bertz CT molecular complexity index is 649. The first-order valence-electron chi connectivity index (χ1n) is 5.28. The predicted molar refractivity (Wildman–Crippen MR) is 69.9 cm³/mol. The number of hydrogen-bond acceptors (Lipinski definition) is 4. The topological polar surface area (TPSA) is 80.8 Å². The lowest BCUT2D eigenvalue weighted by molar-refractivity contribution is 0.0691. The lowest BCUT2D eigenvalue weighted by Gasteiger charge is -2.12. The first kappa shape index (κ1) is 13.4. The standard InChI is InChI=1S/C12H12ClNO5/c1-17-6-4-5-7(13)9(12(15)16)14-8(5)11(19-3)10(6)18-2/h4,14H,1-3H3,(H,15,16). The number of methoxy groups -OCH3 is 3. The molecule has 19 heavy (non-hydrogen) atoms. The summed E-state index contributed by atoms with van der Waals surface area (Å²) >= 11 is 6.04.